The van der Waals surface area contributed by atoms with E-state index < -0.39 is 12.1 Å². The summed E-state index contributed by atoms with van der Waals surface area (Å²) < 4.78 is 19.2. The van der Waals surface area contributed by atoms with Crippen molar-refractivity contribution in [2.45, 2.75) is 51.2 Å². The molecule has 24 heavy (non-hydrogen) atoms. The summed E-state index contributed by atoms with van der Waals surface area (Å²) in [6.45, 7) is 1.57. The first-order chi connectivity index (χ1) is 11.5. The molecule has 1 aliphatic carbocycles. The predicted molar refractivity (Wildman–Crippen MR) is 91.7 cm³/mol. The number of rotatable bonds is 4. The number of ether oxygens (including phenoxy) is 1. The van der Waals surface area contributed by atoms with E-state index in [0.29, 0.717) is 9.58 Å². The Labute approximate surface area is 144 Å². The van der Waals surface area contributed by atoms with E-state index in [4.69, 9.17) is 4.74 Å². The Kier molecular flexibility index (Phi) is 5.14. The number of carbonyl (C=O) groups excluding carboxylic acids is 2. The van der Waals surface area contributed by atoms with E-state index in [1.165, 1.54) is 18.6 Å². The van der Waals surface area contributed by atoms with Gasteiger partial charge in [-0.1, -0.05) is 25.3 Å². The van der Waals surface area contributed by atoms with Gasteiger partial charge < -0.3 is 10.1 Å². The van der Waals surface area contributed by atoms with Crippen molar-refractivity contribution in [1.82, 2.24) is 5.32 Å². The third-order valence-electron chi connectivity index (χ3n) is 4.29. The number of nitrogens with one attached hydrogen (secondary N) is 1. The number of hydrogen-bond acceptors (Lipinski definition) is 4. The molecule has 1 amide bonds. The van der Waals surface area contributed by atoms with Crippen LogP contribution in [-0.2, 0) is 9.53 Å². The van der Waals surface area contributed by atoms with Crippen molar-refractivity contribution in [3.05, 3.63) is 35.0 Å². The van der Waals surface area contributed by atoms with Crippen molar-refractivity contribution in [2.75, 3.05) is 0 Å². The normalized spacial score (nSPS) is 16.8. The number of benzene rings is 1. The second kappa shape index (κ2) is 7.30. The molecule has 1 atom stereocenters. The van der Waals surface area contributed by atoms with Gasteiger partial charge in [-0.2, -0.15) is 0 Å². The Morgan fingerprint density at radius 3 is 2.75 bits per heavy atom. The van der Waals surface area contributed by atoms with E-state index in [9.17, 15) is 14.0 Å². The molecule has 1 aromatic carbocycles. The molecule has 0 bridgehead atoms. The van der Waals surface area contributed by atoms with E-state index in [1.54, 1.807) is 19.1 Å². The zero-order valence-corrected chi connectivity index (χ0v) is 14.3. The molecule has 1 saturated carbocycles. The smallest absolute Gasteiger partial charge is 0.349 e. The Hall–Kier alpha value is -1.95. The molecule has 0 aliphatic heterocycles. The molecule has 1 fully saturated rings. The van der Waals surface area contributed by atoms with Crippen LogP contribution in [0.3, 0.4) is 0 Å². The van der Waals surface area contributed by atoms with Crippen LogP contribution in [0.2, 0.25) is 0 Å². The minimum atomic E-state index is -0.846. The molecule has 0 saturated heterocycles. The first-order valence-corrected chi connectivity index (χ1v) is 9.05. The second-order valence-electron chi connectivity index (χ2n) is 6.18. The summed E-state index contributed by atoms with van der Waals surface area (Å²) in [7, 11) is 0. The van der Waals surface area contributed by atoms with Crippen molar-refractivity contribution in [2.24, 2.45) is 0 Å². The lowest BCUT2D eigenvalue weighted by molar-refractivity contribution is -0.130. The van der Waals surface area contributed by atoms with E-state index in [0.717, 1.165) is 42.4 Å². The van der Waals surface area contributed by atoms with Crippen LogP contribution in [0, 0.1) is 5.82 Å². The van der Waals surface area contributed by atoms with Crippen LogP contribution in [-0.4, -0.2) is 24.0 Å². The van der Waals surface area contributed by atoms with Gasteiger partial charge in [-0.05, 0) is 43.4 Å². The van der Waals surface area contributed by atoms with E-state index >= 15 is 0 Å². The van der Waals surface area contributed by atoms with Crippen LogP contribution >= 0.6 is 11.3 Å². The van der Waals surface area contributed by atoms with Crippen molar-refractivity contribution < 1.29 is 18.7 Å². The number of halogens is 1. The maximum absolute atomic E-state index is 13.2. The molecule has 3 rings (SSSR count). The third kappa shape index (κ3) is 3.93. The number of amides is 1. The minimum absolute atomic E-state index is 0.180. The van der Waals surface area contributed by atoms with Crippen molar-refractivity contribution in [1.29, 1.82) is 0 Å². The zero-order valence-electron chi connectivity index (χ0n) is 13.5. The van der Waals surface area contributed by atoms with Gasteiger partial charge in [-0.25, -0.2) is 9.18 Å². The Bertz CT molecular complexity index is 752. The molecule has 1 heterocycles. The monoisotopic (exact) mass is 349 g/mol. The molecule has 128 valence electrons. The SMILES string of the molecule is CC(OC(=O)c1cc2ccc(F)cc2s1)C(=O)NC1CCCCC1. The average molecular weight is 349 g/mol. The fourth-order valence-electron chi connectivity index (χ4n) is 2.94. The van der Waals surface area contributed by atoms with Gasteiger partial charge in [0, 0.05) is 10.7 Å². The number of hydrogen-bond donors (Lipinski definition) is 1. The second-order valence-corrected chi connectivity index (χ2v) is 7.27. The van der Waals surface area contributed by atoms with Gasteiger partial charge in [0.2, 0.25) is 0 Å². The Morgan fingerprint density at radius 2 is 2.00 bits per heavy atom. The molecule has 4 nitrogen and oxygen atoms in total. The fraction of sp³-hybridized carbons (Fsp3) is 0.444. The van der Waals surface area contributed by atoms with Gasteiger partial charge in [0.25, 0.3) is 5.91 Å². The summed E-state index contributed by atoms with van der Waals surface area (Å²) >= 11 is 1.16. The molecule has 1 N–H and O–H groups in total. The van der Waals surface area contributed by atoms with Crippen LogP contribution in [0.4, 0.5) is 4.39 Å². The topological polar surface area (TPSA) is 55.4 Å². The van der Waals surface area contributed by atoms with Gasteiger partial charge in [0.05, 0.1) is 0 Å². The predicted octanol–water partition coefficient (Wildman–Crippen LogP) is 4.03. The third-order valence-corrected chi connectivity index (χ3v) is 5.37. The van der Waals surface area contributed by atoms with E-state index in [1.807, 2.05) is 0 Å². The number of fused-ring (bicyclic) bond motifs is 1. The Balaban J connectivity index is 1.60. The molecule has 2 aromatic rings. The first-order valence-electron chi connectivity index (χ1n) is 8.23. The standard InChI is InChI=1S/C18H20FNO3S/c1-11(17(21)20-14-5-3-2-4-6-14)23-18(22)16-9-12-7-8-13(19)10-15(12)24-16/h7-11,14H,2-6H2,1H3,(H,20,21). The summed E-state index contributed by atoms with van der Waals surface area (Å²) in [5.74, 6) is -1.16. The molecule has 1 aliphatic rings. The molecular formula is C18H20FNO3S. The van der Waals surface area contributed by atoms with Crippen LogP contribution in [0.5, 0.6) is 0 Å². The van der Waals surface area contributed by atoms with E-state index in [-0.39, 0.29) is 17.8 Å². The maximum atomic E-state index is 13.2. The highest BCUT2D eigenvalue weighted by molar-refractivity contribution is 7.20. The van der Waals surface area contributed by atoms with Crippen molar-refractivity contribution in [3.63, 3.8) is 0 Å². The van der Waals surface area contributed by atoms with Crippen molar-refractivity contribution >= 4 is 33.3 Å². The molecule has 1 aromatic heterocycles. The first kappa shape index (κ1) is 16.9. The largest absolute Gasteiger partial charge is 0.448 e. The van der Waals surface area contributed by atoms with Crippen molar-refractivity contribution in [3.8, 4) is 0 Å². The lowest BCUT2D eigenvalue weighted by Crippen LogP contribution is -2.42. The summed E-state index contributed by atoms with van der Waals surface area (Å²) in [5.41, 5.74) is 0. The highest BCUT2D eigenvalue weighted by Crippen LogP contribution is 2.27. The van der Waals surface area contributed by atoms with Gasteiger partial charge in [0.1, 0.15) is 10.7 Å². The van der Waals surface area contributed by atoms with Gasteiger partial charge in [-0.15, -0.1) is 11.3 Å². The van der Waals surface area contributed by atoms with Gasteiger partial charge in [-0.3, -0.25) is 4.79 Å². The summed E-state index contributed by atoms with van der Waals surface area (Å²) in [5, 5.41) is 3.73. The average Bonchev–Trinajstić information content (AvgIpc) is 2.99. The molecular weight excluding hydrogens is 329 g/mol. The summed E-state index contributed by atoms with van der Waals surface area (Å²) in [4.78, 5) is 24.7. The fourth-order valence-corrected chi connectivity index (χ4v) is 3.91. The van der Waals surface area contributed by atoms with Crippen LogP contribution < -0.4 is 5.32 Å². The van der Waals surface area contributed by atoms with Crippen LogP contribution in [0.25, 0.3) is 10.1 Å². The summed E-state index contributed by atoms with van der Waals surface area (Å²) in [6.07, 6.45) is 4.57. The number of carbonyl (C=O) groups is 2. The molecule has 0 radical (unpaired) electrons. The lowest BCUT2D eigenvalue weighted by Gasteiger charge is -2.24. The van der Waals surface area contributed by atoms with E-state index in [2.05, 4.69) is 5.32 Å². The minimum Gasteiger partial charge on any atom is -0.448 e. The highest BCUT2D eigenvalue weighted by Gasteiger charge is 2.23. The molecule has 0 spiro atoms. The zero-order chi connectivity index (χ0) is 17.1. The van der Waals surface area contributed by atoms with Gasteiger partial charge >= 0.3 is 5.97 Å². The van der Waals surface area contributed by atoms with Crippen LogP contribution in [0.15, 0.2) is 24.3 Å². The van der Waals surface area contributed by atoms with Crippen LogP contribution in [0.1, 0.15) is 48.7 Å². The quantitative estimate of drug-likeness (QED) is 0.848. The number of esters is 1. The highest BCUT2D eigenvalue weighted by atomic mass is 32.1. The van der Waals surface area contributed by atoms with Gasteiger partial charge in [0.15, 0.2) is 6.10 Å². The lowest BCUT2D eigenvalue weighted by atomic mass is 9.95. The number of thiophene rings is 1. The summed E-state index contributed by atoms with van der Waals surface area (Å²) in [6, 6.07) is 6.20. The maximum Gasteiger partial charge on any atom is 0.349 e. The molecule has 1 unspecified atom stereocenters. The molecule has 6 heteroatoms. The Morgan fingerprint density at radius 1 is 1.25 bits per heavy atom.